The van der Waals surface area contributed by atoms with Gasteiger partial charge in [0.05, 0.1) is 0 Å². The van der Waals surface area contributed by atoms with Crippen LogP contribution in [0.3, 0.4) is 0 Å². The second-order valence-corrected chi connectivity index (χ2v) is 5.29. The highest BCUT2D eigenvalue weighted by Gasteiger charge is 2.17. The van der Waals surface area contributed by atoms with Gasteiger partial charge < -0.3 is 5.32 Å². The summed E-state index contributed by atoms with van der Waals surface area (Å²) >= 11 is 0. The van der Waals surface area contributed by atoms with E-state index >= 15 is 0 Å². The third kappa shape index (κ3) is 2.46. The van der Waals surface area contributed by atoms with Crippen molar-refractivity contribution in [3.63, 3.8) is 0 Å². The molecule has 1 heteroatoms. The van der Waals surface area contributed by atoms with E-state index in [1.165, 1.54) is 37.1 Å². The first-order chi connectivity index (χ1) is 7.68. The standard InChI is InChI=1S/C15H23N/c1-11(2)14-5-4-12(3)15(10-14)13-6-8-16-9-7-13/h4-5,10-11,13,16H,6-9H2,1-3H3. The number of nitrogens with one attached hydrogen (secondary N) is 1. The molecule has 1 heterocycles. The highest BCUT2D eigenvalue weighted by atomic mass is 14.9. The molecule has 1 N–H and O–H groups in total. The number of piperidine rings is 1. The van der Waals surface area contributed by atoms with Gasteiger partial charge in [-0.15, -0.1) is 0 Å². The maximum Gasteiger partial charge on any atom is -0.00431 e. The van der Waals surface area contributed by atoms with Crippen LogP contribution in [0.25, 0.3) is 0 Å². The summed E-state index contributed by atoms with van der Waals surface area (Å²) in [5, 5.41) is 3.44. The molecule has 1 aliphatic rings. The molecular weight excluding hydrogens is 194 g/mol. The van der Waals surface area contributed by atoms with Crippen molar-refractivity contribution in [3.05, 3.63) is 34.9 Å². The van der Waals surface area contributed by atoms with Crippen LogP contribution >= 0.6 is 0 Å². The van der Waals surface area contributed by atoms with Crippen molar-refractivity contribution in [2.75, 3.05) is 13.1 Å². The quantitative estimate of drug-likeness (QED) is 0.798. The van der Waals surface area contributed by atoms with E-state index in [0.29, 0.717) is 5.92 Å². The minimum atomic E-state index is 0.640. The van der Waals surface area contributed by atoms with Crippen LogP contribution in [-0.4, -0.2) is 13.1 Å². The van der Waals surface area contributed by atoms with Gasteiger partial charge in [0.1, 0.15) is 0 Å². The fourth-order valence-electron chi connectivity index (χ4n) is 2.59. The van der Waals surface area contributed by atoms with Gasteiger partial charge in [-0.25, -0.2) is 0 Å². The van der Waals surface area contributed by atoms with Gasteiger partial charge >= 0.3 is 0 Å². The second kappa shape index (κ2) is 5.01. The van der Waals surface area contributed by atoms with Crippen LogP contribution in [0.4, 0.5) is 0 Å². The second-order valence-electron chi connectivity index (χ2n) is 5.29. The average Bonchev–Trinajstić information content (AvgIpc) is 2.30. The van der Waals surface area contributed by atoms with E-state index in [1.807, 2.05) is 0 Å². The lowest BCUT2D eigenvalue weighted by Crippen LogP contribution is -2.27. The summed E-state index contributed by atoms with van der Waals surface area (Å²) in [5.74, 6) is 1.42. The van der Waals surface area contributed by atoms with E-state index in [-0.39, 0.29) is 0 Å². The van der Waals surface area contributed by atoms with Crippen LogP contribution in [0.2, 0.25) is 0 Å². The SMILES string of the molecule is Cc1ccc(C(C)C)cc1C1CCNCC1. The predicted octanol–water partition coefficient (Wildman–Crippen LogP) is 3.59. The first-order valence-electron chi connectivity index (χ1n) is 6.49. The molecule has 16 heavy (non-hydrogen) atoms. The van der Waals surface area contributed by atoms with Crippen LogP contribution in [0.15, 0.2) is 18.2 Å². The molecule has 0 radical (unpaired) electrons. The van der Waals surface area contributed by atoms with Crippen molar-refractivity contribution in [3.8, 4) is 0 Å². The molecule has 88 valence electrons. The Kier molecular flexibility index (Phi) is 3.65. The summed E-state index contributed by atoms with van der Waals surface area (Å²) in [7, 11) is 0. The molecule has 1 aliphatic heterocycles. The maximum atomic E-state index is 3.44. The van der Waals surface area contributed by atoms with E-state index < -0.39 is 0 Å². The van der Waals surface area contributed by atoms with Crippen LogP contribution in [0.5, 0.6) is 0 Å². The smallest absolute Gasteiger partial charge is 0.00431 e. The Labute approximate surface area is 99.3 Å². The molecule has 0 atom stereocenters. The van der Waals surface area contributed by atoms with Gasteiger partial charge in [0, 0.05) is 0 Å². The molecular formula is C15H23N. The zero-order valence-corrected chi connectivity index (χ0v) is 10.7. The molecule has 1 aromatic carbocycles. The Morgan fingerprint density at radius 2 is 1.88 bits per heavy atom. The van der Waals surface area contributed by atoms with E-state index in [1.54, 1.807) is 5.56 Å². The Balaban J connectivity index is 2.27. The molecule has 1 saturated heterocycles. The van der Waals surface area contributed by atoms with Gasteiger partial charge in [-0.05, 0) is 61.4 Å². The summed E-state index contributed by atoms with van der Waals surface area (Å²) in [4.78, 5) is 0. The van der Waals surface area contributed by atoms with Crippen LogP contribution in [-0.2, 0) is 0 Å². The average molecular weight is 217 g/mol. The lowest BCUT2D eigenvalue weighted by molar-refractivity contribution is 0.459. The Morgan fingerprint density at radius 3 is 2.50 bits per heavy atom. The Morgan fingerprint density at radius 1 is 1.19 bits per heavy atom. The van der Waals surface area contributed by atoms with Gasteiger partial charge in [0.2, 0.25) is 0 Å². The fraction of sp³-hybridized carbons (Fsp3) is 0.600. The first kappa shape index (κ1) is 11.7. The summed E-state index contributed by atoms with van der Waals surface area (Å²) < 4.78 is 0. The number of benzene rings is 1. The summed E-state index contributed by atoms with van der Waals surface area (Å²) in [5.41, 5.74) is 4.54. The van der Waals surface area contributed by atoms with Gasteiger partial charge in [-0.2, -0.15) is 0 Å². The summed E-state index contributed by atoms with van der Waals surface area (Å²) in [6.07, 6.45) is 2.59. The van der Waals surface area contributed by atoms with Crippen LogP contribution in [0.1, 0.15) is 55.2 Å². The molecule has 0 aliphatic carbocycles. The van der Waals surface area contributed by atoms with Gasteiger partial charge in [0.15, 0.2) is 0 Å². The van der Waals surface area contributed by atoms with Crippen molar-refractivity contribution >= 4 is 0 Å². The Bertz CT molecular complexity index is 348. The van der Waals surface area contributed by atoms with E-state index in [9.17, 15) is 0 Å². The van der Waals surface area contributed by atoms with Gasteiger partial charge in [-0.3, -0.25) is 0 Å². The van der Waals surface area contributed by atoms with Crippen molar-refractivity contribution in [2.24, 2.45) is 0 Å². The zero-order chi connectivity index (χ0) is 11.5. The molecule has 1 aromatic rings. The lowest BCUT2D eigenvalue weighted by atomic mass is 9.85. The highest BCUT2D eigenvalue weighted by Crippen LogP contribution is 2.30. The van der Waals surface area contributed by atoms with Crippen molar-refractivity contribution < 1.29 is 0 Å². The third-order valence-electron chi connectivity index (χ3n) is 3.75. The van der Waals surface area contributed by atoms with Gasteiger partial charge in [0.25, 0.3) is 0 Å². The number of hydrogen-bond acceptors (Lipinski definition) is 1. The highest BCUT2D eigenvalue weighted by molar-refractivity contribution is 5.35. The molecule has 0 saturated carbocycles. The Hall–Kier alpha value is -0.820. The molecule has 0 unspecified atom stereocenters. The topological polar surface area (TPSA) is 12.0 Å². The summed E-state index contributed by atoms with van der Waals surface area (Å²) in [6.45, 7) is 9.15. The van der Waals surface area contributed by atoms with E-state index in [2.05, 4.69) is 44.3 Å². The number of aryl methyl sites for hydroxylation is 1. The maximum absolute atomic E-state index is 3.44. The minimum Gasteiger partial charge on any atom is -0.317 e. The lowest BCUT2D eigenvalue weighted by Gasteiger charge is -2.25. The molecule has 0 spiro atoms. The first-order valence-corrected chi connectivity index (χ1v) is 6.49. The largest absolute Gasteiger partial charge is 0.317 e. The zero-order valence-electron chi connectivity index (χ0n) is 10.7. The van der Waals surface area contributed by atoms with Crippen LogP contribution < -0.4 is 5.32 Å². The van der Waals surface area contributed by atoms with Crippen molar-refractivity contribution in [2.45, 2.75) is 45.4 Å². The molecule has 1 fully saturated rings. The van der Waals surface area contributed by atoms with Crippen LogP contribution in [0, 0.1) is 6.92 Å². The van der Waals surface area contributed by atoms with Crippen molar-refractivity contribution in [1.82, 2.24) is 5.32 Å². The normalized spacial score (nSPS) is 18.0. The minimum absolute atomic E-state index is 0.640. The molecule has 0 bridgehead atoms. The van der Waals surface area contributed by atoms with Crippen molar-refractivity contribution in [1.29, 1.82) is 0 Å². The fourth-order valence-corrected chi connectivity index (χ4v) is 2.59. The molecule has 1 nitrogen and oxygen atoms in total. The van der Waals surface area contributed by atoms with Gasteiger partial charge in [-0.1, -0.05) is 32.0 Å². The monoisotopic (exact) mass is 217 g/mol. The predicted molar refractivity (Wildman–Crippen MR) is 70.1 cm³/mol. The summed E-state index contributed by atoms with van der Waals surface area (Å²) in [6, 6.07) is 7.02. The van der Waals surface area contributed by atoms with E-state index in [4.69, 9.17) is 0 Å². The molecule has 2 rings (SSSR count). The number of hydrogen-bond donors (Lipinski definition) is 1. The van der Waals surface area contributed by atoms with E-state index in [0.717, 1.165) is 5.92 Å². The number of rotatable bonds is 2. The molecule has 0 amide bonds. The third-order valence-corrected chi connectivity index (χ3v) is 3.75. The molecule has 0 aromatic heterocycles.